The van der Waals surface area contributed by atoms with E-state index in [9.17, 15) is 0 Å². The molecule has 2 heterocycles. The van der Waals surface area contributed by atoms with Crippen molar-refractivity contribution in [3.05, 3.63) is 41.5 Å². The predicted molar refractivity (Wildman–Crippen MR) is 86.4 cm³/mol. The van der Waals surface area contributed by atoms with Gasteiger partial charge in [-0.25, -0.2) is 4.98 Å². The van der Waals surface area contributed by atoms with Crippen molar-refractivity contribution in [3.8, 4) is 5.69 Å². The molecule has 0 spiro atoms. The smallest absolute Gasteiger partial charge is 0.115 e. The number of imidazole rings is 1. The molecule has 0 saturated heterocycles. The summed E-state index contributed by atoms with van der Waals surface area (Å²) in [6.45, 7) is 4.21. The van der Waals surface area contributed by atoms with Crippen LogP contribution in [0, 0.1) is 6.92 Å². The number of benzene rings is 1. The van der Waals surface area contributed by atoms with Crippen molar-refractivity contribution in [2.45, 2.75) is 26.7 Å². The highest BCUT2D eigenvalue weighted by atomic mass is 35.5. The molecule has 0 N–H and O–H groups in total. The van der Waals surface area contributed by atoms with Gasteiger partial charge in [-0.05, 0) is 25.0 Å². The van der Waals surface area contributed by atoms with E-state index < -0.39 is 0 Å². The highest BCUT2D eigenvalue weighted by Gasteiger charge is 2.17. The van der Waals surface area contributed by atoms with Gasteiger partial charge < -0.3 is 0 Å². The van der Waals surface area contributed by atoms with Gasteiger partial charge in [-0.1, -0.05) is 19.1 Å². The van der Waals surface area contributed by atoms with Crippen LogP contribution in [-0.4, -0.2) is 25.2 Å². The molecule has 0 atom stereocenters. The average Bonchev–Trinajstić information content (AvgIpc) is 3.00. The Kier molecular flexibility index (Phi) is 3.72. The molecule has 0 aliphatic rings. The molecule has 0 fully saturated rings. The summed E-state index contributed by atoms with van der Waals surface area (Å²) in [6, 6.07) is 6.27. The molecule has 0 aliphatic carbocycles. The lowest BCUT2D eigenvalue weighted by atomic mass is 10.2. The second-order valence-electron chi connectivity index (χ2n) is 5.23. The Hall–Kier alpha value is -1.81. The largest absolute Gasteiger partial charge is 0.293 e. The van der Waals surface area contributed by atoms with Crippen molar-refractivity contribution in [2.75, 3.05) is 5.88 Å². The molecular weight excluding hydrogens is 284 g/mol. The van der Waals surface area contributed by atoms with Gasteiger partial charge in [0, 0.05) is 25.5 Å². The number of halogens is 1. The summed E-state index contributed by atoms with van der Waals surface area (Å²) in [4.78, 5) is 4.80. The lowest BCUT2D eigenvalue weighted by Crippen LogP contribution is -2.03. The quantitative estimate of drug-likeness (QED) is 0.692. The highest BCUT2D eigenvalue weighted by molar-refractivity contribution is 6.17. The van der Waals surface area contributed by atoms with Gasteiger partial charge in [-0.3, -0.25) is 9.25 Å². The van der Waals surface area contributed by atoms with E-state index in [1.54, 1.807) is 0 Å². The average molecular weight is 303 g/mol. The first-order valence-corrected chi connectivity index (χ1v) is 7.75. The summed E-state index contributed by atoms with van der Waals surface area (Å²) in [5, 5.41) is 4.55. The van der Waals surface area contributed by atoms with Crippen LogP contribution in [0.2, 0.25) is 0 Å². The SMILES string of the molecule is CCc1nn(C)cc1-n1c(CCCl)nc2c(C)cccc21. The third-order valence-corrected chi connectivity index (χ3v) is 3.92. The van der Waals surface area contributed by atoms with Crippen LogP contribution < -0.4 is 0 Å². The summed E-state index contributed by atoms with van der Waals surface area (Å²) < 4.78 is 4.07. The van der Waals surface area contributed by atoms with Crippen LogP contribution in [0.25, 0.3) is 16.7 Å². The van der Waals surface area contributed by atoms with Crippen LogP contribution in [0.4, 0.5) is 0 Å². The van der Waals surface area contributed by atoms with Crippen molar-refractivity contribution in [2.24, 2.45) is 7.05 Å². The second-order valence-corrected chi connectivity index (χ2v) is 5.61. The molecule has 3 rings (SSSR count). The normalized spacial score (nSPS) is 11.4. The summed E-state index contributed by atoms with van der Waals surface area (Å²) in [5.74, 6) is 1.56. The van der Waals surface area contributed by atoms with E-state index in [0.29, 0.717) is 5.88 Å². The van der Waals surface area contributed by atoms with Crippen LogP contribution in [0.3, 0.4) is 0 Å². The zero-order valence-electron chi connectivity index (χ0n) is 12.6. The number of aryl methyl sites for hydroxylation is 4. The maximum Gasteiger partial charge on any atom is 0.115 e. The maximum atomic E-state index is 5.97. The zero-order chi connectivity index (χ0) is 15.0. The van der Waals surface area contributed by atoms with E-state index in [4.69, 9.17) is 16.6 Å². The third-order valence-electron chi connectivity index (χ3n) is 3.73. The molecule has 0 unspecified atom stereocenters. The first kappa shape index (κ1) is 14.1. The lowest BCUT2D eigenvalue weighted by Gasteiger charge is -2.07. The first-order valence-electron chi connectivity index (χ1n) is 7.21. The van der Waals surface area contributed by atoms with Gasteiger partial charge in [-0.2, -0.15) is 5.10 Å². The molecule has 0 saturated carbocycles. The summed E-state index contributed by atoms with van der Waals surface area (Å²) in [7, 11) is 1.95. The van der Waals surface area contributed by atoms with Crippen LogP contribution in [0.15, 0.2) is 24.4 Å². The Morgan fingerprint density at radius 2 is 2.10 bits per heavy atom. The number of alkyl halides is 1. The first-order chi connectivity index (χ1) is 10.2. The van der Waals surface area contributed by atoms with Crippen molar-refractivity contribution in [1.82, 2.24) is 19.3 Å². The number of rotatable bonds is 4. The molecule has 21 heavy (non-hydrogen) atoms. The number of fused-ring (bicyclic) bond motifs is 1. The third kappa shape index (κ3) is 2.33. The lowest BCUT2D eigenvalue weighted by molar-refractivity contribution is 0.746. The van der Waals surface area contributed by atoms with Gasteiger partial charge in [0.15, 0.2) is 0 Å². The summed E-state index contributed by atoms with van der Waals surface area (Å²) in [6.07, 6.45) is 3.69. The fourth-order valence-corrected chi connectivity index (χ4v) is 2.94. The van der Waals surface area contributed by atoms with Crippen molar-refractivity contribution < 1.29 is 0 Å². The van der Waals surface area contributed by atoms with E-state index >= 15 is 0 Å². The highest BCUT2D eigenvalue weighted by Crippen LogP contribution is 2.26. The number of hydrogen-bond acceptors (Lipinski definition) is 2. The van der Waals surface area contributed by atoms with E-state index in [1.165, 1.54) is 5.56 Å². The Morgan fingerprint density at radius 3 is 2.81 bits per heavy atom. The number of para-hydroxylation sites is 1. The van der Waals surface area contributed by atoms with E-state index in [2.05, 4.69) is 47.9 Å². The van der Waals surface area contributed by atoms with Crippen LogP contribution in [0.5, 0.6) is 0 Å². The van der Waals surface area contributed by atoms with Crippen molar-refractivity contribution in [3.63, 3.8) is 0 Å². The number of nitrogens with zero attached hydrogens (tertiary/aromatic N) is 4. The predicted octanol–water partition coefficient (Wildman–Crippen LogP) is 3.41. The molecule has 0 amide bonds. The molecule has 0 radical (unpaired) electrons. The molecule has 0 bridgehead atoms. The van der Waals surface area contributed by atoms with E-state index in [-0.39, 0.29) is 0 Å². The second kappa shape index (κ2) is 5.53. The van der Waals surface area contributed by atoms with E-state index in [0.717, 1.165) is 41.1 Å². The minimum atomic E-state index is 0.560. The number of aromatic nitrogens is 4. The fraction of sp³-hybridized carbons (Fsp3) is 0.375. The van der Waals surface area contributed by atoms with Crippen LogP contribution >= 0.6 is 11.6 Å². The standard InChI is InChI=1S/C16H19ClN4/c1-4-12-14(10-20(3)19-12)21-13-7-5-6-11(2)16(13)18-15(21)8-9-17/h5-7,10H,4,8-9H2,1-3H3. The van der Waals surface area contributed by atoms with Crippen molar-refractivity contribution >= 4 is 22.6 Å². The zero-order valence-corrected chi connectivity index (χ0v) is 13.4. The molecule has 1 aromatic carbocycles. The summed E-state index contributed by atoms with van der Waals surface area (Å²) in [5.41, 5.74) is 5.53. The van der Waals surface area contributed by atoms with Gasteiger partial charge in [0.05, 0.1) is 22.4 Å². The molecule has 2 aromatic heterocycles. The van der Waals surface area contributed by atoms with Crippen LogP contribution in [-0.2, 0) is 19.9 Å². The minimum Gasteiger partial charge on any atom is -0.293 e. The maximum absolute atomic E-state index is 5.97. The molecule has 110 valence electrons. The van der Waals surface area contributed by atoms with Crippen molar-refractivity contribution in [1.29, 1.82) is 0 Å². The molecular formula is C16H19ClN4. The van der Waals surface area contributed by atoms with Gasteiger partial charge in [0.25, 0.3) is 0 Å². The molecule has 0 aliphatic heterocycles. The molecule has 4 nitrogen and oxygen atoms in total. The summed E-state index contributed by atoms with van der Waals surface area (Å²) >= 11 is 5.97. The monoisotopic (exact) mass is 302 g/mol. The minimum absolute atomic E-state index is 0.560. The fourth-order valence-electron chi connectivity index (χ4n) is 2.77. The molecule has 3 aromatic rings. The Morgan fingerprint density at radius 1 is 1.29 bits per heavy atom. The van der Waals surface area contributed by atoms with E-state index in [1.807, 2.05) is 11.7 Å². The van der Waals surface area contributed by atoms with Gasteiger partial charge >= 0.3 is 0 Å². The Bertz CT molecular complexity index is 785. The Balaban J connectivity index is 2.33. The van der Waals surface area contributed by atoms with Gasteiger partial charge in [0.2, 0.25) is 0 Å². The molecule has 5 heteroatoms. The van der Waals surface area contributed by atoms with Crippen LogP contribution in [0.1, 0.15) is 24.0 Å². The topological polar surface area (TPSA) is 35.6 Å². The Labute approximate surface area is 129 Å². The van der Waals surface area contributed by atoms with Gasteiger partial charge in [-0.15, -0.1) is 11.6 Å². The number of hydrogen-bond donors (Lipinski definition) is 0. The van der Waals surface area contributed by atoms with Gasteiger partial charge in [0.1, 0.15) is 5.82 Å².